The van der Waals surface area contributed by atoms with Crippen LogP contribution in [0.25, 0.3) is 0 Å². The molecule has 0 radical (unpaired) electrons. The van der Waals surface area contributed by atoms with Crippen molar-refractivity contribution >= 4 is 0 Å². The van der Waals surface area contributed by atoms with Gasteiger partial charge in [0.2, 0.25) is 0 Å². The fourth-order valence-electron chi connectivity index (χ4n) is 2.43. The first kappa shape index (κ1) is 19.9. The molecule has 1 aromatic rings. The quantitative estimate of drug-likeness (QED) is 0.365. The third kappa shape index (κ3) is 4.79. The summed E-state index contributed by atoms with van der Waals surface area (Å²) < 4.78 is 21.4. The van der Waals surface area contributed by atoms with Crippen molar-refractivity contribution in [1.82, 2.24) is 0 Å². The van der Waals surface area contributed by atoms with Gasteiger partial charge in [0.05, 0.1) is 20.3 Å². The zero-order chi connectivity index (χ0) is 18.4. The van der Waals surface area contributed by atoms with Crippen LogP contribution in [0.15, 0.2) is 24.3 Å². The minimum atomic E-state index is -1.55. The lowest BCUT2D eigenvalue weighted by molar-refractivity contribution is -0.314. The Hall–Kier alpha value is -1.46. The second-order valence-corrected chi connectivity index (χ2v) is 5.60. The lowest BCUT2D eigenvalue weighted by Crippen LogP contribution is -2.60. The van der Waals surface area contributed by atoms with Crippen LogP contribution in [0.3, 0.4) is 0 Å². The highest BCUT2D eigenvalue weighted by molar-refractivity contribution is 5.39. The molecular weight excluding hydrogens is 336 g/mol. The minimum absolute atomic E-state index is 0.0775. The van der Waals surface area contributed by atoms with Crippen LogP contribution >= 0.6 is 0 Å². The number of hydrogen-bond donors (Lipinski definition) is 5. The Kier molecular flexibility index (Phi) is 7.38. The van der Waals surface area contributed by atoms with Crippen LogP contribution in [0, 0.1) is 0 Å². The summed E-state index contributed by atoms with van der Waals surface area (Å²) >= 11 is 0. The molecule has 1 heterocycles. The Bertz CT molecular complexity index is 524. The molecule has 6 atom stereocenters. The van der Waals surface area contributed by atoms with Crippen LogP contribution < -0.4 is 9.47 Å². The van der Waals surface area contributed by atoms with Crippen molar-refractivity contribution in [1.29, 1.82) is 0 Å². The van der Waals surface area contributed by atoms with Gasteiger partial charge in [-0.15, -0.1) is 0 Å². The van der Waals surface area contributed by atoms with Crippen molar-refractivity contribution in [3.05, 3.63) is 24.3 Å². The second-order valence-electron chi connectivity index (χ2n) is 5.60. The van der Waals surface area contributed by atoms with Gasteiger partial charge in [-0.1, -0.05) is 12.1 Å². The highest BCUT2D eigenvalue weighted by Crippen LogP contribution is 2.27. The van der Waals surface area contributed by atoms with Gasteiger partial charge in [0.15, 0.2) is 17.8 Å². The van der Waals surface area contributed by atoms with E-state index in [1.54, 1.807) is 24.3 Å². The van der Waals surface area contributed by atoms with Crippen molar-refractivity contribution in [2.75, 3.05) is 26.9 Å². The van der Waals surface area contributed by atoms with E-state index in [9.17, 15) is 20.4 Å². The highest BCUT2D eigenvalue weighted by Gasteiger charge is 2.44. The summed E-state index contributed by atoms with van der Waals surface area (Å²) in [6.07, 6.45) is -7.88. The van der Waals surface area contributed by atoms with Crippen LogP contribution in [0.4, 0.5) is 0 Å². The van der Waals surface area contributed by atoms with Gasteiger partial charge >= 0.3 is 0 Å². The lowest BCUT2D eigenvalue weighted by atomic mass is 9.99. The maximum absolute atomic E-state index is 9.95. The van der Waals surface area contributed by atoms with Gasteiger partial charge in [-0.2, -0.15) is 0 Å². The van der Waals surface area contributed by atoms with E-state index < -0.39 is 50.0 Å². The molecule has 0 aromatic heterocycles. The van der Waals surface area contributed by atoms with Gasteiger partial charge in [0.25, 0.3) is 0 Å². The van der Waals surface area contributed by atoms with Crippen molar-refractivity contribution in [2.24, 2.45) is 0 Å². The predicted molar refractivity (Wildman–Crippen MR) is 84.2 cm³/mol. The maximum atomic E-state index is 9.95. The van der Waals surface area contributed by atoms with Crippen molar-refractivity contribution in [3.63, 3.8) is 0 Å². The van der Waals surface area contributed by atoms with E-state index in [2.05, 4.69) is 0 Å². The van der Waals surface area contributed by atoms with Crippen LogP contribution in [0.5, 0.6) is 11.5 Å². The number of rotatable bonds is 8. The van der Waals surface area contributed by atoms with Crippen LogP contribution in [-0.4, -0.2) is 89.3 Å². The summed E-state index contributed by atoms with van der Waals surface area (Å²) in [5.74, 6) is 0.952. The van der Waals surface area contributed by atoms with Crippen molar-refractivity contribution in [2.45, 2.75) is 36.8 Å². The Morgan fingerprint density at radius 1 is 1.04 bits per heavy atom. The third-order valence-corrected chi connectivity index (χ3v) is 3.87. The molecule has 0 amide bonds. The number of aliphatic hydroxyl groups excluding tert-OH is 5. The molecule has 0 saturated carbocycles. The Labute approximate surface area is 145 Å². The van der Waals surface area contributed by atoms with Gasteiger partial charge in [-0.3, -0.25) is 0 Å². The summed E-state index contributed by atoms with van der Waals surface area (Å²) in [4.78, 5) is 0. The molecule has 5 unspecified atom stereocenters. The molecule has 0 spiro atoms. The number of hydrogen-bond acceptors (Lipinski definition) is 9. The van der Waals surface area contributed by atoms with Gasteiger partial charge in [0, 0.05) is 0 Å². The monoisotopic (exact) mass is 360 g/mol. The van der Waals surface area contributed by atoms with Crippen LogP contribution in [0.1, 0.15) is 0 Å². The number of para-hydroxylation sites is 2. The molecule has 0 bridgehead atoms. The van der Waals surface area contributed by atoms with Gasteiger partial charge in [0.1, 0.15) is 37.1 Å². The molecule has 9 nitrogen and oxygen atoms in total. The first-order valence-electron chi connectivity index (χ1n) is 7.84. The largest absolute Gasteiger partial charge is 0.493 e. The normalized spacial score (nSPS) is 30.7. The summed E-state index contributed by atoms with van der Waals surface area (Å²) in [6, 6.07) is 6.92. The zero-order valence-corrected chi connectivity index (χ0v) is 13.8. The lowest BCUT2D eigenvalue weighted by Gasteiger charge is -2.40. The fourth-order valence-corrected chi connectivity index (χ4v) is 2.43. The van der Waals surface area contributed by atoms with Crippen molar-refractivity contribution < 1.29 is 44.5 Å². The maximum Gasteiger partial charge on any atom is 0.187 e. The zero-order valence-electron chi connectivity index (χ0n) is 13.8. The first-order valence-corrected chi connectivity index (χ1v) is 7.84. The smallest absolute Gasteiger partial charge is 0.187 e. The number of methoxy groups -OCH3 is 1. The average molecular weight is 360 g/mol. The molecule has 25 heavy (non-hydrogen) atoms. The van der Waals surface area contributed by atoms with E-state index in [0.29, 0.717) is 11.5 Å². The Balaban J connectivity index is 1.96. The summed E-state index contributed by atoms with van der Waals surface area (Å²) in [5.41, 5.74) is 0. The number of benzene rings is 1. The predicted octanol–water partition coefficient (Wildman–Crippen LogP) is -1.75. The third-order valence-electron chi connectivity index (χ3n) is 3.87. The average Bonchev–Trinajstić information content (AvgIpc) is 2.65. The van der Waals surface area contributed by atoms with Gasteiger partial charge < -0.3 is 44.5 Å². The van der Waals surface area contributed by atoms with Gasteiger partial charge in [-0.05, 0) is 12.1 Å². The molecule has 1 aliphatic rings. The Morgan fingerprint density at radius 3 is 2.32 bits per heavy atom. The molecule has 1 saturated heterocycles. The molecule has 1 aliphatic heterocycles. The van der Waals surface area contributed by atoms with E-state index in [-0.39, 0.29) is 6.61 Å². The first-order chi connectivity index (χ1) is 12.0. The van der Waals surface area contributed by atoms with E-state index in [0.717, 1.165) is 0 Å². The number of ether oxygens (including phenoxy) is 4. The molecule has 0 aliphatic carbocycles. The minimum Gasteiger partial charge on any atom is -0.493 e. The molecule has 142 valence electrons. The molecule has 9 heteroatoms. The molecule has 1 aromatic carbocycles. The fraction of sp³-hybridized carbons (Fsp3) is 0.625. The van der Waals surface area contributed by atoms with Crippen LogP contribution in [-0.2, 0) is 9.47 Å². The molecule has 1 fully saturated rings. The van der Waals surface area contributed by atoms with E-state index in [4.69, 9.17) is 24.1 Å². The molecule has 5 N–H and O–H groups in total. The SMILES string of the molecule is COc1ccccc1OC[C@@H](CO)OC1OC(CO)C(O)C(O)C1O. The second kappa shape index (κ2) is 9.30. The van der Waals surface area contributed by atoms with E-state index >= 15 is 0 Å². The summed E-state index contributed by atoms with van der Waals surface area (Å²) in [6.45, 7) is -1.08. The standard InChI is InChI=1S/C16H24O9/c1-22-10-4-2-3-5-11(10)23-8-9(6-17)24-16-15(21)14(20)13(19)12(7-18)25-16/h2-5,9,12-21H,6-8H2,1H3/t9-,12?,13?,14?,15?,16?/m1/s1. The number of aliphatic hydroxyl groups is 5. The van der Waals surface area contributed by atoms with E-state index in [1.165, 1.54) is 7.11 Å². The Morgan fingerprint density at radius 2 is 1.72 bits per heavy atom. The van der Waals surface area contributed by atoms with Gasteiger partial charge in [-0.25, -0.2) is 0 Å². The van der Waals surface area contributed by atoms with E-state index in [1.807, 2.05) is 0 Å². The summed E-state index contributed by atoms with van der Waals surface area (Å²) in [5, 5.41) is 48.1. The van der Waals surface area contributed by atoms with Crippen molar-refractivity contribution in [3.8, 4) is 11.5 Å². The topological polar surface area (TPSA) is 138 Å². The van der Waals surface area contributed by atoms with Crippen LogP contribution in [0.2, 0.25) is 0 Å². The molecule has 2 rings (SSSR count). The summed E-state index contributed by atoms with van der Waals surface area (Å²) in [7, 11) is 1.50. The highest BCUT2D eigenvalue weighted by atomic mass is 16.7. The molecular formula is C16H24O9.